The number of hydrogen-bond donors (Lipinski definition) is 1. The van der Waals surface area contributed by atoms with E-state index in [1.54, 1.807) is 24.3 Å². The molecule has 1 aliphatic rings. The molecule has 0 amide bonds. The summed E-state index contributed by atoms with van der Waals surface area (Å²) in [5.74, 6) is 0. The van der Waals surface area contributed by atoms with E-state index in [4.69, 9.17) is 4.74 Å². The predicted octanol–water partition coefficient (Wildman–Crippen LogP) is 1.87. The molecule has 0 radical (unpaired) electrons. The Labute approximate surface area is 121 Å². The van der Waals surface area contributed by atoms with Crippen molar-refractivity contribution in [2.75, 3.05) is 11.0 Å². The first-order chi connectivity index (χ1) is 8.53. The van der Waals surface area contributed by atoms with Gasteiger partial charge in [0, 0.05) is 11.0 Å². The molecule has 6 heteroatoms. The number of halogens is 1. The molecule has 0 unspecified atom stereocenters. The van der Waals surface area contributed by atoms with Gasteiger partial charge < -0.3 is 4.74 Å². The van der Waals surface area contributed by atoms with E-state index in [2.05, 4.69) is 27.3 Å². The SMILES string of the molecule is Cc1ccc(S(=O)(=O)N[C@@H]2CCO[C@H]2CI)cc1. The van der Waals surface area contributed by atoms with E-state index in [0.717, 1.165) is 16.4 Å². The molecule has 18 heavy (non-hydrogen) atoms. The Bertz CT molecular complexity index is 501. The maximum Gasteiger partial charge on any atom is 0.240 e. The van der Waals surface area contributed by atoms with Crippen LogP contribution in [0.15, 0.2) is 29.2 Å². The average molecular weight is 381 g/mol. The number of aryl methyl sites for hydroxylation is 1. The number of benzene rings is 1. The van der Waals surface area contributed by atoms with Gasteiger partial charge in [-0.1, -0.05) is 40.3 Å². The minimum atomic E-state index is -3.44. The van der Waals surface area contributed by atoms with Crippen molar-refractivity contribution in [2.45, 2.75) is 30.4 Å². The third-order valence-electron chi connectivity index (χ3n) is 3.00. The zero-order valence-corrected chi connectivity index (χ0v) is 13.1. The minimum Gasteiger partial charge on any atom is -0.376 e. The Morgan fingerprint density at radius 1 is 1.39 bits per heavy atom. The highest BCUT2D eigenvalue weighted by Gasteiger charge is 2.31. The molecular formula is C12H16INO3S. The maximum atomic E-state index is 12.2. The van der Waals surface area contributed by atoms with Crippen LogP contribution >= 0.6 is 22.6 Å². The monoisotopic (exact) mass is 381 g/mol. The number of alkyl halides is 1. The lowest BCUT2D eigenvalue weighted by Gasteiger charge is -2.17. The van der Waals surface area contributed by atoms with Crippen molar-refractivity contribution in [3.63, 3.8) is 0 Å². The first kappa shape index (κ1) is 14.2. The molecule has 1 aromatic carbocycles. The van der Waals surface area contributed by atoms with Crippen molar-refractivity contribution in [3.05, 3.63) is 29.8 Å². The van der Waals surface area contributed by atoms with E-state index in [1.807, 2.05) is 6.92 Å². The van der Waals surface area contributed by atoms with Gasteiger partial charge in [0.1, 0.15) is 0 Å². The molecule has 0 spiro atoms. The summed E-state index contributed by atoms with van der Waals surface area (Å²) in [4.78, 5) is 0.312. The largest absolute Gasteiger partial charge is 0.376 e. The van der Waals surface area contributed by atoms with Gasteiger partial charge in [-0.25, -0.2) is 13.1 Å². The van der Waals surface area contributed by atoms with Crippen LogP contribution in [-0.4, -0.2) is 31.6 Å². The Balaban J connectivity index is 2.14. The lowest BCUT2D eigenvalue weighted by atomic mass is 10.2. The van der Waals surface area contributed by atoms with Crippen molar-refractivity contribution < 1.29 is 13.2 Å². The second kappa shape index (κ2) is 5.85. The van der Waals surface area contributed by atoms with E-state index in [0.29, 0.717) is 11.5 Å². The summed E-state index contributed by atoms with van der Waals surface area (Å²) >= 11 is 2.22. The van der Waals surface area contributed by atoms with Crippen LogP contribution < -0.4 is 4.72 Å². The Kier molecular flexibility index (Phi) is 4.63. The normalized spacial score (nSPS) is 24.3. The zero-order valence-electron chi connectivity index (χ0n) is 10.1. The first-order valence-corrected chi connectivity index (χ1v) is 8.80. The quantitative estimate of drug-likeness (QED) is 0.640. The molecule has 100 valence electrons. The number of nitrogens with one attached hydrogen (secondary N) is 1. The van der Waals surface area contributed by atoms with E-state index in [1.165, 1.54) is 0 Å². The fraction of sp³-hybridized carbons (Fsp3) is 0.500. The van der Waals surface area contributed by atoms with Crippen molar-refractivity contribution in [1.29, 1.82) is 0 Å². The molecule has 0 aliphatic carbocycles. The Morgan fingerprint density at radius 2 is 2.06 bits per heavy atom. The molecule has 1 heterocycles. The van der Waals surface area contributed by atoms with Crippen LogP contribution in [0.4, 0.5) is 0 Å². The standard InChI is InChI=1S/C12H16INO3S/c1-9-2-4-10(5-3-9)18(15,16)14-11-6-7-17-12(11)8-13/h2-5,11-12,14H,6-8H2,1H3/t11-,12+/m1/s1. The second-order valence-electron chi connectivity index (χ2n) is 4.39. The Hall–Kier alpha value is -0.180. The topological polar surface area (TPSA) is 55.4 Å². The molecule has 1 aliphatic heterocycles. The smallest absolute Gasteiger partial charge is 0.240 e. The fourth-order valence-corrected chi connectivity index (χ4v) is 4.09. The van der Waals surface area contributed by atoms with Crippen molar-refractivity contribution in [2.24, 2.45) is 0 Å². The Morgan fingerprint density at radius 3 is 2.67 bits per heavy atom. The summed E-state index contributed by atoms with van der Waals surface area (Å²) in [6.07, 6.45) is 0.712. The third kappa shape index (κ3) is 3.23. The summed E-state index contributed by atoms with van der Waals surface area (Å²) in [5.41, 5.74) is 1.04. The van der Waals surface area contributed by atoms with E-state index >= 15 is 0 Å². The van der Waals surface area contributed by atoms with Crippen LogP contribution in [-0.2, 0) is 14.8 Å². The summed E-state index contributed by atoms with van der Waals surface area (Å²) in [6.45, 7) is 2.55. The molecule has 1 aromatic rings. The van der Waals surface area contributed by atoms with Crippen LogP contribution in [0.25, 0.3) is 0 Å². The van der Waals surface area contributed by atoms with Gasteiger partial charge in [-0.05, 0) is 25.5 Å². The highest BCUT2D eigenvalue weighted by Crippen LogP contribution is 2.19. The number of ether oxygens (including phenoxy) is 1. The summed E-state index contributed by atoms with van der Waals surface area (Å²) in [5, 5.41) is 0. The van der Waals surface area contributed by atoms with Crippen LogP contribution in [0.2, 0.25) is 0 Å². The molecule has 0 bridgehead atoms. The van der Waals surface area contributed by atoms with Gasteiger partial charge in [0.25, 0.3) is 0 Å². The fourth-order valence-electron chi connectivity index (χ4n) is 1.92. The van der Waals surface area contributed by atoms with Gasteiger partial charge in [0.05, 0.1) is 17.0 Å². The molecule has 4 nitrogen and oxygen atoms in total. The first-order valence-electron chi connectivity index (χ1n) is 5.79. The average Bonchev–Trinajstić information content (AvgIpc) is 2.76. The van der Waals surface area contributed by atoms with E-state index in [9.17, 15) is 8.42 Å². The maximum absolute atomic E-state index is 12.2. The van der Waals surface area contributed by atoms with Gasteiger partial charge in [0.2, 0.25) is 10.0 Å². The van der Waals surface area contributed by atoms with Crippen molar-refractivity contribution >= 4 is 32.6 Å². The summed E-state index contributed by atoms with van der Waals surface area (Å²) in [7, 11) is -3.44. The van der Waals surface area contributed by atoms with Gasteiger partial charge in [-0.15, -0.1) is 0 Å². The third-order valence-corrected chi connectivity index (χ3v) is 5.37. The number of rotatable bonds is 4. The number of hydrogen-bond acceptors (Lipinski definition) is 3. The highest BCUT2D eigenvalue weighted by molar-refractivity contribution is 14.1. The van der Waals surface area contributed by atoms with Crippen LogP contribution in [0, 0.1) is 6.92 Å². The predicted molar refractivity (Wildman–Crippen MR) is 78.5 cm³/mol. The molecule has 0 aromatic heterocycles. The van der Waals surface area contributed by atoms with Crippen LogP contribution in [0.5, 0.6) is 0 Å². The van der Waals surface area contributed by atoms with Crippen molar-refractivity contribution in [3.8, 4) is 0 Å². The molecule has 0 saturated carbocycles. The van der Waals surface area contributed by atoms with Gasteiger partial charge in [0.15, 0.2) is 0 Å². The van der Waals surface area contributed by atoms with Gasteiger partial charge in [-0.2, -0.15) is 0 Å². The number of sulfonamides is 1. The molecule has 1 saturated heterocycles. The molecule has 1 N–H and O–H groups in total. The molecular weight excluding hydrogens is 365 g/mol. The lowest BCUT2D eigenvalue weighted by Crippen LogP contribution is -2.41. The molecule has 2 rings (SSSR count). The highest BCUT2D eigenvalue weighted by atomic mass is 127. The van der Waals surface area contributed by atoms with Crippen molar-refractivity contribution in [1.82, 2.24) is 4.72 Å². The summed E-state index contributed by atoms with van der Waals surface area (Å²) in [6, 6.07) is 6.75. The van der Waals surface area contributed by atoms with E-state index < -0.39 is 10.0 Å². The van der Waals surface area contributed by atoms with E-state index in [-0.39, 0.29) is 12.1 Å². The minimum absolute atomic E-state index is 0.0224. The summed E-state index contributed by atoms with van der Waals surface area (Å²) < 4.78 is 33.4. The second-order valence-corrected chi connectivity index (χ2v) is 6.99. The van der Waals surface area contributed by atoms with Crippen LogP contribution in [0.3, 0.4) is 0 Å². The molecule has 2 atom stereocenters. The van der Waals surface area contributed by atoms with Gasteiger partial charge in [-0.3, -0.25) is 0 Å². The zero-order chi connectivity index (χ0) is 13.2. The van der Waals surface area contributed by atoms with Gasteiger partial charge >= 0.3 is 0 Å². The van der Waals surface area contributed by atoms with Crippen LogP contribution in [0.1, 0.15) is 12.0 Å². The lowest BCUT2D eigenvalue weighted by molar-refractivity contribution is 0.122. The molecule has 1 fully saturated rings.